The molecule has 3 aromatic rings. The number of benzene rings is 1. The van der Waals surface area contributed by atoms with Gasteiger partial charge >= 0.3 is 6.11 Å². The summed E-state index contributed by atoms with van der Waals surface area (Å²) in [7, 11) is 0. The number of pyridine rings is 1. The molecular weight excluding hydrogens is 440 g/mol. The second-order valence-electron chi connectivity index (χ2n) is 9.80. The highest BCUT2D eigenvalue weighted by Crippen LogP contribution is 2.39. The lowest BCUT2D eigenvalue weighted by molar-refractivity contribution is -0.255. The van der Waals surface area contributed by atoms with Crippen molar-refractivity contribution in [2.24, 2.45) is 0 Å². The molecule has 0 spiro atoms. The summed E-state index contributed by atoms with van der Waals surface area (Å²) < 4.78 is 34.0. The first-order valence-electron chi connectivity index (χ1n) is 11.6. The van der Waals surface area contributed by atoms with Crippen molar-refractivity contribution in [1.29, 1.82) is 0 Å². The highest BCUT2D eigenvalue weighted by Gasteiger charge is 2.40. The fraction of sp³-hybridized carbons (Fsp3) is 0.480. The summed E-state index contributed by atoms with van der Waals surface area (Å²) in [5.41, 5.74) is 3.04. The van der Waals surface area contributed by atoms with Crippen molar-refractivity contribution in [3.63, 3.8) is 0 Å². The maximum atomic E-state index is 14.5. The number of β-amino-alcohol motifs (C(OH)–C–C–N with tert-alkyl or cyclic N) is 1. The van der Waals surface area contributed by atoms with E-state index < -0.39 is 11.7 Å². The van der Waals surface area contributed by atoms with Crippen LogP contribution in [0.25, 0.3) is 10.9 Å². The lowest BCUT2D eigenvalue weighted by atomic mass is 9.95. The summed E-state index contributed by atoms with van der Waals surface area (Å²) in [6, 6.07) is 7.98. The molecule has 2 aliphatic rings. The number of aryl methyl sites for hydroxylation is 2. The van der Waals surface area contributed by atoms with Gasteiger partial charge in [-0.15, -0.1) is 5.10 Å². The zero-order valence-corrected chi connectivity index (χ0v) is 19.8. The summed E-state index contributed by atoms with van der Waals surface area (Å²) in [5.74, 6) is 0.528. The van der Waals surface area contributed by atoms with E-state index in [4.69, 9.17) is 9.72 Å². The van der Waals surface area contributed by atoms with E-state index in [-0.39, 0.29) is 17.7 Å². The molecule has 0 amide bonds. The molecule has 1 aliphatic carbocycles. The highest BCUT2D eigenvalue weighted by atomic mass is 19.3. The minimum Gasteiger partial charge on any atom is -0.386 e. The Labute approximate surface area is 197 Å². The molecular formula is C25H29F2N5O2. The molecule has 1 saturated carbocycles. The first-order chi connectivity index (χ1) is 16.0. The quantitative estimate of drug-likeness (QED) is 0.523. The molecule has 3 heterocycles. The van der Waals surface area contributed by atoms with Crippen LogP contribution in [0.5, 0.6) is 0 Å². The van der Waals surface area contributed by atoms with Gasteiger partial charge < -0.3 is 20.1 Å². The van der Waals surface area contributed by atoms with Gasteiger partial charge in [0.2, 0.25) is 0 Å². The van der Waals surface area contributed by atoms with Crippen molar-refractivity contribution >= 4 is 22.4 Å². The number of ether oxygens (including phenoxy) is 1. The Kier molecular flexibility index (Phi) is 5.44. The molecule has 2 fully saturated rings. The molecule has 180 valence electrons. The van der Waals surface area contributed by atoms with E-state index in [9.17, 15) is 13.9 Å². The maximum Gasteiger partial charge on any atom is 0.383 e. The van der Waals surface area contributed by atoms with E-state index in [0.717, 1.165) is 22.3 Å². The van der Waals surface area contributed by atoms with Crippen LogP contribution in [-0.2, 0) is 10.8 Å². The first-order valence-corrected chi connectivity index (χ1v) is 11.6. The molecule has 0 radical (unpaired) electrons. The smallest absolute Gasteiger partial charge is 0.383 e. The summed E-state index contributed by atoms with van der Waals surface area (Å²) in [6.07, 6.45) is -2.32. The van der Waals surface area contributed by atoms with Crippen LogP contribution in [0.3, 0.4) is 0 Å². The van der Waals surface area contributed by atoms with Gasteiger partial charge in [0.05, 0.1) is 45.9 Å². The molecule has 7 nitrogen and oxygen atoms in total. The Morgan fingerprint density at radius 3 is 2.59 bits per heavy atom. The number of halogens is 2. The number of nitrogens with one attached hydrogen (secondary N) is 1. The predicted octanol–water partition coefficient (Wildman–Crippen LogP) is 4.61. The zero-order chi connectivity index (χ0) is 24.3. The molecule has 1 aromatic carbocycles. The largest absolute Gasteiger partial charge is 0.386 e. The average molecular weight is 470 g/mol. The molecule has 9 heteroatoms. The number of hydrogen-bond acceptors (Lipinski definition) is 7. The number of nitrogens with zero attached hydrogens (tertiary/aromatic N) is 4. The third-order valence-electron chi connectivity index (χ3n) is 6.40. The van der Waals surface area contributed by atoms with Gasteiger partial charge in [-0.25, -0.2) is 4.98 Å². The molecule has 0 unspecified atom stereocenters. The number of hydrogen-bond donors (Lipinski definition) is 2. The van der Waals surface area contributed by atoms with Crippen molar-refractivity contribution in [1.82, 2.24) is 15.2 Å². The first kappa shape index (κ1) is 22.9. The number of aliphatic hydroxyl groups is 1. The van der Waals surface area contributed by atoms with Crippen molar-refractivity contribution in [2.45, 2.75) is 64.4 Å². The fourth-order valence-electron chi connectivity index (χ4n) is 4.39. The van der Waals surface area contributed by atoms with E-state index >= 15 is 0 Å². The van der Waals surface area contributed by atoms with Gasteiger partial charge in [0.15, 0.2) is 5.82 Å². The van der Waals surface area contributed by atoms with Gasteiger partial charge in [-0.2, -0.15) is 13.9 Å². The Bertz CT molecular complexity index is 1240. The van der Waals surface area contributed by atoms with Gasteiger partial charge in [-0.1, -0.05) is 18.2 Å². The molecule has 2 aromatic heterocycles. The van der Waals surface area contributed by atoms with Crippen molar-refractivity contribution in [3.8, 4) is 0 Å². The lowest BCUT2D eigenvalue weighted by Crippen LogP contribution is -2.60. The number of alkyl halides is 2. The Morgan fingerprint density at radius 2 is 1.91 bits per heavy atom. The zero-order valence-electron chi connectivity index (χ0n) is 19.8. The van der Waals surface area contributed by atoms with Crippen LogP contribution in [0.4, 0.5) is 20.3 Å². The Hall–Kier alpha value is -2.91. The maximum absolute atomic E-state index is 14.5. The number of aromatic nitrogens is 3. The lowest BCUT2D eigenvalue weighted by Gasteiger charge is -2.46. The number of anilines is 2. The van der Waals surface area contributed by atoms with Crippen LogP contribution in [0.2, 0.25) is 0 Å². The van der Waals surface area contributed by atoms with Crippen LogP contribution in [0, 0.1) is 13.8 Å². The Morgan fingerprint density at radius 1 is 1.18 bits per heavy atom. The summed E-state index contributed by atoms with van der Waals surface area (Å²) in [5, 5.41) is 22.9. The fourth-order valence-corrected chi connectivity index (χ4v) is 4.39. The van der Waals surface area contributed by atoms with Gasteiger partial charge in [-0.05, 0) is 58.2 Å². The SMILES string of the molecule is Cc1nc2c(C)nnc(N[C@H](C)c3cccc(C(F)(F)OC4CC4)c3)c2cc1N1CC(C)(O)C1. The second-order valence-corrected chi connectivity index (χ2v) is 9.80. The van der Waals surface area contributed by atoms with E-state index in [2.05, 4.69) is 20.4 Å². The van der Waals surface area contributed by atoms with Gasteiger partial charge in [-0.3, -0.25) is 0 Å². The number of fused-ring (bicyclic) bond motifs is 1. The monoisotopic (exact) mass is 469 g/mol. The van der Waals surface area contributed by atoms with Crippen LogP contribution >= 0.6 is 0 Å². The van der Waals surface area contributed by atoms with Crippen LogP contribution in [0.15, 0.2) is 30.3 Å². The molecule has 0 bridgehead atoms. The molecule has 5 rings (SSSR count). The van der Waals surface area contributed by atoms with Crippen LogP contribution < -0.4 is 10.2 Å². The molecule has 1 atom stereocenters. The predicted molar refractivity (Wildman–Crippen MR) is 126 cm³/mol. The molecule has 1 aliphatic heterocycles. The average Bonchev–Trinajstić information content (AvgIpc) is 3.57. The minimum atomic E-state index is -3.32. The Balaban J connectivity index is 1.44. The standard InChI is InChI=1S/C25H29F2N5O2/c1-14(17-6-5-7-18(10-17)25(26,27)34-19-8-9-19)29-23-20-11-21(32-12-24(4,33)13-32)15(2)28-22(20)16(3)30-31-23/h5-7,10-11,14,19,33H,8-9,12-13H2,1-4H3,(H,29,31)/t14-/m1/s1. The van der Waals surface area contributed by atoms with E-state index in [0.29, 0.717) is 43.0 Å². The van der Waals surface area contributed by atoms with E-state index in [1.807, 2.05) is 33.8 Å². The third kappa shape index (κ3) is 4.42. The third-order valence-corrected chi connectivity index (χ3v) is 6.40. The number of rotatable bonds is 7. The van der Waals surface area contributed by atoms with E-state index in [1.54, 1.807) is 12.1 Å². The summed E-state index contributed by atoms with van der Waals surface area (Å²) >= 11 is 0. The van der Waals surface area contributed by atoms with Gasteiger partial charge in [0.1, 0.15) is 0 Å². The van der Waals surface area contributed by atoms with Crippen LogP contribution in [0.1, 0.15) is 55.2 Å². The molecule has 1 saturated heterocycles. The second kappa shape index (κ2) is 8.09. The van der Waals surface area contributed by atoms with Gasteiger partial charge in [0, 0.05) is 18.5 Å². The normalized spacial score (nSPS) is 18.6. The van der Waals surface area contributed by atoms with Gasteiger partial charge in [0.25, 0.3) is 0 Å². The highest BCUT2D eigenvalue weighted by molar-refractivity contribution is 5.93. The van der Waals surface area contributed by atoms with Crippen LogP contribution in [-0.4, -0.2) is 45.1 Å². The molecule has 34 heavy (non-hydrogen) atoms. The topological polar surface area (TPSA) is 83.4 Å². The minimum absolute atomic E-state index is 0.158. The van der Waals surface area contributed by atoms with Crippen molar-refractivity contribution < 1.29 is 18.6 Å². The summed E-state index contributed by atoms with van der Waals surface area (Å²) in [4.78, 5) is 6.84. The summed E-state index contributed by atoms with van der Waals surface area (Å²) in [6.45, 7) is 8.55. The van der Waals surface area contributed by atoms with E-state index in [1.165, 1.54) is 12.1 Å². The van der Waals surface area contributed by atoms with Crippen molar-refractivity contribution in [3.05, 3.63) is 52.8 Å². The van der Waals surface area contributed by atoms with Crippen molar-refractivity contribution in [2.75, 3.05) is 23.3 Å². The molecule has 2 N–H and O–H groups in total.